The highest BCUT2D eigenvalue weighted by Crippen LogP contribution is 2.13. The average molecular weight is 266 g/mol. The molecular formula is C15H14N4O. The topological polar surface area (TPSA) is 64.7 Å². The van der Waals surface area contributed by atoms with Crippen molar-refractivity contribution in [1.29, 1.82) is 0 Å². The summed E-state index contributed by atoms with van der Waals surface area (Å²) >= 11 is 0. The molecule has 2 aromatic heterocycles. The van der Waals surface area contributed by atoms with Crippen molar-refractivity contribution >= 4 is 0 Å². The van der Waals surface area contributed by atoms with Crippen LogP contribution in [0.5, 0.6) is 0 Å². The van der Waals surface area contributed by atoms with Crippen molar-refractivity contribution in [2.45, 2.75) is 19.3 Å². The Bertz CT molecular complexity index is 652. The summed E-state index contributed by atoms with van der Waals surface area (Å²) in [6, 6.07) is 10.4. The number of hydrogen-bond donors (Lipinski definition) is 0. The third-order valence-corrected chi connectivity index (χ3v) is 2.96. The Hall–Kier alpha value is -2.56. The molecule has 3 aromatic rings. The first-order chi connectivity index (χ1) is 9.92. The zero-order valence-corrected chi connectivity index (χ0v) is 10.9. The van der Waals surface area contributed by atoms with Crippen molar-refractivity contribution in [2.75, 3.05) is 0 Å². The molecule has 0 saturated carbocycles. The van der Waals surface area contributed by atoms with E-state index in [9.17, 15) is 0 Å². The molecule has 0 aliphatic heterocycles. The summed E-state index contributed by atoms with van der Waals surface area (Å²) in [5, 5.41) is 3.97. The second-order valence-corrected chi connectivity index (χ2v) is 4.45. The Kier molecular flexibility index (Phi) is 3.78. The van der Waals surface area contributed by atoms with Crippen LogP contribution in [0.4, 0.5) is 0 Å². The maximum Gasteiger partial charge on any atom is 0.278 e. The van der Waals surface area contributed by atoms with Crippen molar-refractivity contribution in [3.63, 3.8) is 0 Å². The van der Waals surface area contributed by atoms with Gasteiger partial charge in [0.2, 0.25) is 0 Å². The predicted molar refractivity (Wildman–Crippen MR) is 73.8 cm³/mol. The van der Waals surface area contributed by atoms with Crippen molar-refractivity contribution in [2.24, 2.45) is 0 Å². The van der Waals surface area contributed by atoms with Crippen LogP contribution in [0, 0.1) is 0 Å². The molecule has 0 amide bonds. The molecule has 0 spiro atoms. The molecule has 0 atom stereocenters. The van der Waals surface area contributed by atoms with E-state index in [-0.39, 0.29) is 0 Å². The van der Waals surface area contributed by atoms with Crippen LogP contribution >= 0.6 is 0 Å². The summed E-state index contributed by atoms with van der Waals surface area (Å²) in [5.41, 5.74) is 1.93. The number of hydrogen-bond acceptors (Lipinski definition) is 5. The fourth-order valence-electron chi connectivity index (χ4n) is 1.96. The first-order valence-electron chi connectivity index (χ1n) is 6.55. The van der Waals surface area contributed by atoms with Gasteiger partial charge in [0.1, 0.15) is 5.69 Å². The Morgan fingerprint density at radius 1 is 1.00 bits per heavy atom. The Morgan fingerprint density at radius 2 is 1.90 bits per heavy atom. The predicted octanol–water partition coefficient (Wildman–Crippen LogP) is 2.70. The van der Waals surface area contributed by atoms with Crippen molar-refractivity contribution in [3.8, 4) is 11.6 Å². The minimum atomic E-state index is 0.424. The van der Waals surface area contributed by atoms with Gasteiger partial charge >= 0.3 is 0 Å². The van der Waals surface area contributed by atoms with Gasteiger partial charge in [-0.2, -0.15) is 4.98 Å². The van der Waals surface area contributed by atoms with E-state index in [2.05, 4.69) is 44.4 Å². The van der Waals surface area contributed by atoms with Gasteiger partial charge in [0.25, 0.3) is 5.89 Å². The lowest BCUT2D eigenvalue weighted by Crippen LogP contribution is -1.92. The highest BCUT2D eigenvalue weighted by atomic mass is 16.5. The lowest BCUT2D eigenvalue weighted by atomic mass is 10.1. The third-order valence-electron chi connectivity index (χ3n) is 2.96. The van der Waals surface area contributed by atoms with Gasteiger partial charge in [0.05, 0.1) is 6.20 Å². The molecule has 0 aliphatic rings. The standard InChI is InChI=1S/C15H14N4O/c1-2-5-12(6-3-1)7-4-8-14-18-15(20-19-14)13-11-16-9-10-17-13/h1-3,5-6,9-11H,4,7-8H2. The van der Waals surface area contributed by atoms with Crippen molar-refractivity contribution in [3.05, 3.63) is 60.3 Å². The SMILES string of the molecule is c1ccc(CCCc2noc(-c3cnccn3)n2)cc1. The molecule has 0 N–H and O–H groups in total. The molecule has 3 rings (SSSR count). The van der Waals surface area contributed by atoms with Crippen LogP contribution in [0.1, 0.15) is 17.8 Å². The van der Waals surface area contributed by atoms with E-state index in [1.807, 2.05) is 6.07 Å². The molecule has 0 fully saturated rings. The molecular weight excluding hydrogens is 252 g/mol. The summed E-state index contributed by atoms with van der Waals surface area (Å²) < 4.78 is 5.19. The fourth-order valence-corrected chi connectivity index (χ4v) is 1.96. The van der Waals surface area contributed by atoms with Gasteiger partial charge in [-0.3, -0.25) is 4.98 Å². The zero-order chi connectivity index (χ0) is 13.6. The van der Waals surface area contributed by atoms with Crippen LogP contribution in [-0.2, 0) is 12.8 Å². The summed E-state index contributed by atoms with van der Waals surface area (Å²) in [4.78, 5) is 12.4. The number of aryl methyl sites for hydroxylation is 2. The fraction of sp³-hybridized carbons (Fsp3) is 0.200. The van der Waals surface area contributed by atoms with E-state index in [1.54, 1.807) is 18.6 Å². The van der Waals surface area contributed by atoms with Crippen LogP contribution < -0.4 is 0 Å². The third kappa shape index (κ3) is 3.06. The van der Waals surface area contributed by atoms with E-state index in [1.165, 1.54) is 5.56 Å². The van der Waals surface area contributed by atoms with Gasteiger partial charge in [-0.25, -0.2) is 4.98 Å². The quantitative estimate of drug-likeness (QED) is 0.710. The van der Waals surface area contributed by atoms with E-state index < -0.39 is 0 Å². The van der Waals surface area contributed by atoms with Crippen molar-refractivity contribution in [1.82, 2.24) is 20.1 Å². The van der Waals surface area contributed by atoms with Gasteiger partial charge < -0.3 is 4.52 Å². The summed E-state index contributed by atoms with van der Waals surface area (Å²) in [5.74, 6) is 1.13. The van der Waals surface area contributed by atoms with Gasteiger partial charge in [0.15, 0.2) is 5.82 Å². The highest BCUT2D eigenvalue weighted by Gasteiger charge is 2.09. The smallest absolute Gasteiger partial charge is 0.278 e. The molecule has 0 saturated heterocycles. The molecule has 100 valence electrons. The van der Waals surface area contributed by atoms with E-state index in [4.69, 9.17) is 4.52 Å². The van der Waals surface area contributed by atoms with Crippen LogP contribution in [0.25, 0.3) is 11.6 Å². The second kappa shape index (κ2) is 6.06. The largest absolute Gasteiger partial charge is 0.332 e. The minimum absolute atomic E-state index is 0.424. The molecule has 1 aromatic carbocycles. The maximum absolute atomic E-state index is 5.19. The molecule has 0 unspecified atom stereocenters. The lowest BCUT2D eigenvalue weighted by molar-refractivity contribution is 0.420. The Labute approximate surface area is 116 Å². The van der Waals surface area contributed by atoms with E-state index in [0.717, 1.165) is 19.3 Å². The number of rotatable bonds is 5. The number of nitrogens with zero attached hydrogens (tertiary/aromatic N) is 4. The monoisotopic (exact) mass is 266 g/mol. The van der Waals surface area contributed by atoms with Crippen LogP contribution in [0.3, 0.4) is 0 Å². The van der Waals surface area contributed by atoms with Gasteiger partial charge in [-0.1, -0.05) is 35.5 Å². The van der Waals surface area contributed by atoms with Gasteiger partial charge in [-0.15, -0.1) is 0 Å². The van der Waals surface area contributed by atoms with Gasteiger partial charge in [0, 0.05) is 18.8 Å². The van der Waals surface area contributed by atoms with E-state index in [0.29, 0.717) is 17.4 Å². The summed E-state index contributed by atoms with van der Waals surface area (Å²) in [6.45, 7) is 0. The van der Waals surface area contributed by atoms with Crippen LogP contribution in [0.15, 0.2) is 53.4 Å². The lowest BCUT2D eigenvalue weighted by Gasteiger charge is -1.98. The first-order valence-corrected chi connectivity index (χ1v) is 6.55. The van der Waals surface area contributed by atoms with Crippen LogP contribution in [-0.4, -0.2) is 20.1 Å². The molecule has 5 nitrogen and oxygen atoms in total. The van der Waals surface area contributed by atoms with Crippen LogP contribution in [0.2, 0.25) is 0 Å². The Balaban J connectivity index is 1.58. The normalized spacial score (nSPS) is 10.6. The zero-order valence-electron chi connectivity index (χ0n) is 10.9. The Morgan fingerprint density at radius 3 is 2.70 bits per heavy atom. The second-order valence-electron chi connectivity index (χ2n) is 4.45. The van der Waals surface area contributed by atoms with Crippen molar-refractivity contribution < 1.29 is 4.52 Å². The summed E-state index contributed by atoms with van der Waals surface area (Å²) in [6.07, 6.45) is 7.62. The summed E-state index contributed by atoms with van der Waals surface area (Å²) in [7, 11) is 0. The van der Waals surface area contributed by atoms with Gasteiger partial charge in [-0.05, 0) is 18.4 Å². The molecule has 5 heteroatoms. The molecule has 0 radical (unpaired) electrons. The number of benzene rings is 1. The average Bonchev–Trinajstić information content (AvgIpc) is 2.98. The molecule has 2 heterocycles. The molecule has 0 aliphatic carbocycles. The molecule has 20 heavy (non-hydrogen) atoms. The maximum atomic E-state index is 5.19. The minimum Gasteiger partial charge on any atom is -0.332 e. The first kappa shape index (κ1) is 12.5. The number of aromatic nitrogens is 4. The highest BCUT2D eigenvalue weighted by molar-refractivity contribution is 5.43. The molecule has 0 bridgehead atoms. The van der Waals surface area contributed by atoms with E-state index >= 15 is 0 Å².